The third-order valence-electron chi connectivity index (χ3n) is 5.77. The normalized spacial score (nSPS) is 20.4. The van der Waals surface area contributed by atoms with Crippen LogP contribution in [0.15, 0.2) is 48.7 Å². The Morgan fingerprint density at radius 1 is 1.13 bits per heavy atom. The zero-order valence-electron chi connectivity index (χ0n) is 18.6. The number of aliphatic hydroxyl groups excluding tert-OH is 1. The molecule has 5 heteroatoms. The highest BCUT2D eigenvalue weighted by molar-refractivity contribution is 5.94. The minimum Gasteiger partial charge on any atom is -0.497 e. The molecule has 0 aromatic heterocycles. The first-order chi connectivity index (χ1) is 14.7. The largest absolute Gasteiger partial charge is 0.497 e. The summed E-state index contributed by atoms with van der Waals surface area (Å²) in [5.74, 6) is 1.52. The molecule has 1 saturated carbocycles. The second kappa shape index (κ2) is 13.9. The number of amides is 1. The van der Waals surface area contributed by atoms with E-state index in [1.54, 1.807) is 7.11 Å². The van der Waals surface area contributed by atoms with Crippen molar-refractivity contribution in [3.05, 3.63) is 54.3 Å². The fourth-order valence-electron chi connectivity index (χ4n) is 4.06. The Kier molecular flexibility index (Phi) is 11.1. The standard InChI is InChI=1S/C19H29NO3.C6H9N/c1-3-13-20(17-8-4-15(5-9-17)12-14-21)19(22)16-6-10-18(23-2)11-7-16;1-2-4-6-7-5-3-1/h6-7,10-11,15,17,21H,3-5,8-9,12-14H2,1-2H3;1,3-4,6-7H,2,5H2. The second-order valence-electron chi connectivity index (χ2n) is 7.93. The van der Waals surface area contributed by atoms with Gasteiger partial charge in [-0.1, -0.05) is 25.2 Å². The van der Waals surface area contributed by atoms with Crippen molar-refractivity contribution >= 4 is 5.91 Å². The third-order valence-corrected chi connectivity index (χ3v) is 5.77. The van der Waals surface area contributed by atoms with Gasteiger partial charge >= 0.3 is 0 Å². The van der Waals surface area contributed by atoms with E-state index >= 15 is 0 Å². The van der Waals surface area contributed by atoms with Gasteiger partial charge < -0.3 is 20.1 Å². The first-order valence-electron chi connectivity index (χ1n) is 11.3. The van der Waals surface area contributed by atoms with Crippen molar-refractivity contribution in [2.45, 2.75) is 57.9 Å². The number of ether oxygens (including phenoxy) is 1. The summed E-state index contributed by atoms with van der Waals surface area (Å²) in [6.45, 7) is 4.18. The number of aliphatic hydroxyl groups is 1. The van der Waals surface area contributed by atoms with Crippen LogP contribution < -0.4 is 10.1 Å². The molecule has 1 heterocycles. The molecule has 1 amide bonds. The summed E-state index contributed by atoms with van der Waals surface area (Å²) in [5.41, 5.74) is 0.733. The SMILES string of the molecule is C1=CCNC=CC1.CCCN(C(=O)c1ccc(OC)cc1)C1CCC(CCO)CC1. The van der Waals surface area contributed by atoms with E-state index in [4.69, 9.17) is 9.84 Å². The van der Waals surface area contributed by atoms with Gasteiger partial charge in [0.15, 0.2) is 0 Å². The van der Waals surface area contributed by atoms with Crippen molar-refractivity contribution in [2.75, 3.05) is 26.8 Å². The molecule has 5 nitrogen and oxygen atoms in total. The summed E-state index contributed by atoms with van der Waals surface area (Å²) in [6, 6.07) is 7.72. The number of hydrogen-bond donors (Lipinski definition) is 2. The van der Waals surface area contributed by atoms with Crippen molar-refractivity contribution in [1.82, 2.24) is 10.2 Å². The molecule has 0 atom stereocenters. The minimum atomic E-state index is 0.125. The smallest absolute Gasteiger partial charge is 0.254 e. The van der Waals surface area contributed by atoms with Gasteiger partial charge in [0, 0.05) is 31.3 Å². The van der Waals surface area contributed by atoms with E-state index in [1.165, 1.54) is 0 Å². The molecule has 1 aliphatic heterocycles. The molecule has 0 radical (unpaired) electrons. The molecule has 30 heavy (non-hydrogen) atoms. The molecule has 0 spiro atoms. The zero-order valence-corrected chi connectivity index (χ0v) is 18.6. The van der Waals surface area contributed by atoms with Crippen molar-refractivity contribution in [1.29, 1.82) is 0 Å². The molecular weight excluding hydrogens is 376 g/mol. The van der Waals surface area contributed by atoms with Crippen LogP contribution in [0.2, 0.25) is 0 Å². The Balaban J connectivity index is 0.000000386. The Hall–Kier alpha value is -2.27. The molecule has 0 bridgehead atoms. The predicted octanol–water partition coefficient (Wildman–Crippen LogP) is 4.54. The summed E-state index contributed by atoms with van der Waals surface area (Å²) in [5, 5.41) is 12.2. The Morgan fingerprint density at radius 3 is 2.50 bits per heavy atom. The van der Waals surface area contributed by atoms with Crippen molar-refractivity contribution in [2.24, 2.45) is 5.92 Å². The number of methoxy groups -OCH3 is 1. The van der Waals surface area contributed by atoms with Crippen LogP contribution in [0.3, 0.4) is 0 Å². The maximum atomic E-state index is 12.9. The van der Waals surface area contributed by atoms with Gasteiger partial charge in [-0.05, 0) is 81.3 Å². The van der Waals surface area contributed by atoms with E-state index in [9.17, 15) is 4.79 Å². The van der Waals surface area contributed by atoms with Crippen LogP contribution >= 0.6 is 0 Å². The average molecular weight is 415 g/mol. The number of carbonyl (C=O) groups excluding carboxylic acids is 1. The van der Waals surface area contributed by atoms with Crippen molar-refractivity contribution < 1.29 is 14.6 Å². The molecular formula is C25H38N2O3. The van der Waals surface area contributed by atoms with Gasteiger partial charge in [-0.25, -0.2) is 0 Å². The maximum absolute atomic E-state index is 12.9. The van der Waals surface area contributed by atoms with Crippen LogP contribution in [0.1, 0.15) is 62.2 Å². The molecule has 1 aliphatic carbocycles. The van der Waals surface area contributed by atoms with Gasteiger partial charge in [0.25, 0.3) is 5.91 Å². The van der Waals surface area contributed by atoms with Crippen molar-refractivity contribution in [3.8, 4) is 5.75 Å². The number of hydrogen-bond acceptors (Lipinski definition) is 4. The van der Waals surface area contributed by atoms with Gasteiger partial charge in [0.1, 0.15) is 5.75 Å². The van der Waals surface area contributed by atoms with Gasteiger partial charge in [-0.3, -0.25) is 4.79 Å². The van der Waals surface area contributed by atoms with E-state index in [1.807, 2.05) is 30.5 Å². The topological polar surface area (TPSA) is 61.8 Å². The molecule has 1 aromatic carbocycles. The van der Waals surface area contributed by atoms with Gasteiger partial charge in [0.05, 0.1) is 7.11 Å². The number of allylic oxidation sites excluding steroid dienone is 2. The summed E-state index contributed by atoms with van der Waals surface area (Å²) >= 11 is 0. The average Bonchev–Trinajstić information content (AvgIpc) is 3.12. The van der Waals surface area contributed by atoms with E-state index < -0.39 is 0 Å². The van der Waals surface area contributed by atoms with Gasteiger partial charge in [0.2, 0.25) is 0 Å². The summed E-state index contributed by atoms with van der Waals surface area (Å²) < 4.78 is 5.16. The van der Waals surface area contributed by atoms with Crippen LogP contribution in [0.25, 0.3) is 0 Å². The number of benzene rings is 1. The lowest BCUT2D eigenvalue weighted by Gasteiger charge is -2.37. The first-order valence-corrected chi connectivity index (χ1v) is 11.3. The quantitative estimate of drug-likeness (QED) is 0.643. The monoisotopic (exact) mass is 414 g/mol. The Bertz CT molecular complexity index is 649. The lowest BCUT2D eigenvalue weighted by molar-refractivity contribution is 0.0600. The maximum Gasteiger partial charge on any atom is 0.254 e. The van der Waals surface area contributed by atoms with E-state index in [2.05, 4.69) is 35.4 Å². The van der Waals surface area contributed by atoms with Crippen LogP contribution in [0, 0.1) is 5.92 Å². The highest BCUT2D eigenvalue weighted by atomic mass is 16.5. The number of rotatable bonds is 7. The van der Waals surface area contributed by atoms with Crippen LogP contribution in [0.5, 0.6) is 5.75 Å². The Labute approximate surface area is 181 Å². The summed E-state index contributed by atoms with van der Waals surface area (Å²) in [7, 11) is 1.63. The summed E-state index contributed by atoms with van der Waals surface area (Å²) in [4.78, 5) is 14.9. The highest BCUT2D eigenvalue weighted by Gasteiger charge is 2.28. The molecule has 0 unspecified atom stereocenters. The van der Waals surface area contributed by atoms with Crippen LogP contribution in [-0.4, -0.2) is 48.8 Å². The molecule has 166 valence electrons. The first kappa shape index (κ1) is 24.0. The lowest BCUT2D eigenvalue weighted by Crippen LogP contribution is -2.43. The molecule has 0 saturated heterocycles. The number of nitrogens with zero attached hydrogens (tertiary/aromatic N) is 1. The van der Waals surface area contributed by atoms with E-state index in [0.29, 0.717) is 12.0 Å². The molecule has 1 aromatic rings. The van der Waals surface area contributed by atoms with E-state index in [-0.39, 0.29) is 12.5 Å². The lowest BCUT2D eigenvalue weighted by atomic mass is 9.83. The van der Waals surface area contributed by atoms with Crippen LogP contribution in [-0.2, 0) is 0 Å². The fraction of sp³-hybridized carbons (Fsp3) is 0.560. The zero-order chi connectivity index (χ0) is 21.6. The molecule has 2 N–H and O–H groups in total. The predicted molar refractivity (Wildman–Crippen MR) is 123 cm³/mol. The van der Waals surface area contributed by atoms with E-state index in [0.717, 1.165) is 69.3 Å². The Morgan fingerprint density at radius 2 is 1.87 bits per heavy atom. The third kappa shape index (κ3) is 7.86. The number of nitrogens with one attached hydrogen (secondary N) is 1. The van der Waals surface area contributed by atoms with Gasteiger partial charge in [-0.15, -0.1) is 0 Å². The molecule has 1 fully saturated rings. The second-order valence-corrected chi connectivity index (χ2v) is 7.93. The molecule has 3 rings (SSSR count). The fourth-order valence-corrected chi connectivity index (χ4v) is 4.06. The van der Waals surface area contributed by atoms with Crippen molar-refractivity contribution in [3.63, 3.8) is 0 Å². The summed E-state index contributed by atoms with van der Waals surface area (Å²) in [6.07, 6.45) is 15.6. The minimum absolute atomic E-state index is 0.125. The van der Waals surface area contributed by atoms with Gasteiger partial charge in [-0.2, -0.15) is 0 Å². The molecule has 2 aliphatic rings. The van der Waals surface area contributed by atoms with Crippen LogP contribution in [0.4, 0.5) is 0 Å². The number of carbonyl (C=O) groups is 1. The highest BCUT2D eigenvalue weighted by Crippen LogP contribution is 2.30.